The first kappa shape index (κ1) is 6.14. The summed E-state index contributed by atoms with van der Waals surface area (Å²) in [5, 5.41) is 8.92. The van der Waals surface area contributed by atoms with Gasteiger partial charge in [0.15, 0.2) is 0 Å². The molecule has 9 heavy (non-hydrogen) atoms. The first-order chi connectivity index (χ1) is 4.33. The molecular formula is C8H9O. The fourth-order valence-corrected chi connectivity index (χ4v) is 0.704. The smallest absolute Gasteiger partial charge is 0.115 e. The van der Waals surface area contributed by atoms with Crippen molar-refractivity contribution in [3.05, 3.63) is 36.2 Å². The lowest BCUT2D eigenvalue weighted by molar-refractivity contribution is 0.475. The van der Waals surface area contributed by atoms with Gasteiger partial charge < -0.3 is 5.11 Å². The van der Waals surface area contributed by atoms with Crippen molar-refractivity contribution >= 4 is 0 Å². The zero-order valence-electron chi connectivity index (χ0n) is 5.33. The van der Waals surface area contributed by atoms with Gasteiger partial charge in [0.05, 0.1) is 0 Å². The molecule has 0 aliphatic carbocycles. The molecule has 0 saturated carbocycles. The molecular weight excluding hydrogens is 112 g/mol. The van der Waals surface area contributed by atoms with E-state index in [4.69, 9.17) is 5.11 Å². The van der Waals surface area contributed by atoms with E-state index in [1.807, 2.05) is 25.5 Å². The summed E-state index contributed by atoms with van der Waals surface area (Å²) in [5.41, 5.74) is 1.05. The van der Waals surface area contributed by atoms with Gasteiger partial charge in [0.1, 0.15) is 5.75 Å². The standard InChI is InChI=1S/C8H9O/c1-2-7-4-3-5-8(9)6-7/h2-6,9H,1H3. The molecule has 0 atom stereocenters. The average molecular weight is 121 g/mol. The maximum atomic E-state index is 8.92. The van der Waals surface area contributed by atoms with E-state index in [2.05, 4.69) is 0 Å². The summed E-state index contributed by atoms with van der Waals surface area (Å²) in [5.74, 6) is 0.325. The van der Waals surface area contributed by atoms with Crippen LogP contribution in [0.3, 0.4) is 0 Å². The van der Waals surface area contributed by atoms with Gasteiger partial charge in [-0.1, -0.05) is 19.1 Å². The van der Waals surface area contributed by atoms with Gasteiger partial charge in [-0.25, -0.2) is 0 Å². The third-order valence-electron chi connectivity index (χ3n) is 1.20. The number of hydrogen-bond donors (Lipinski definition) is 1. The van der Waals surface area contributed by atoms with Gasteiger partial charge in [0.25, 0.3) is 0 Å². The Morgan fingerprint density at radius 1 is 1.44 bits per heavy atom. The Morgan fingerprint density at radius 2 is 2.22 bits per heavy atom. The molecule has 0 bridgehead atoms. The maximum absolute atomic E-state index is 8.92. The van der Waals surface area contributed by atoms with Crippen molar-refractivity contribution in [2.75, 3.05) is 0 Å². The van der Waals surface area contributed by atoms with Crippen LogP contribution in [0.15, 0.2) is 24.3 Å². The first-order valence-electron chi connectivity index (χ1n) is 2.91. The van der Waals surface area contributed by atoms with Gasteiger partial charge in [0, 0.05) is 0 Å². The third-order valence-corrected chi connectivity index (χ3v) is 1.20. The minimum atomic E-state index is 0.325. The van der Waals surface area contributed by atoms with Gasteiger partial charge in [-0.05, 0) is 24.1 Å². The van der Waals surface area contributed by atoms with Crippen molar-refractivity contribution in [1.82, 2.24) is 0 Å². The molecule has 1 aromatic rings. The lowest BCUT2D eigenvalue weighted by Gasteiger charge is -1.94. The van der Waals surface area contributed by atoms with E-state index < -0.39 is 0 Å². The van der Waals surface area contributed by atoms with Crippen LogP contribution in [0.5, 0.6) is 5.75 Å². The Kier molecular flexibility index (Phi) is 1.73. The maximum Gasteiger partial charge on any atom is 0.115 e. The molecule has 0 unspecified atom stereocenters. The summed E-state index contributed by atoms with van der Waals surface area (Å²) < 4.78 is 0. The van der Waals surface area contributed by atoms with Crippen molar-refractivity contribution in [3.8, 4) is 5.75 Å². The molecule has 0 heterocycles. The van der Waals surface area contributed by atoms with Crippen molar-refractivity contribution in [2.45, 2.75) is 6.92 Å². The van der Waals surface area contributed by atoms with Crippen LogP contribution in [-0.4, -0.2) is 5.11 Å². The lowest BCUT2D eigenvalue weighted by Crippen LogP contribution is -1.73. The van der Waals surface area contributed by atoms with Crippen LogP contribution in [0.4, 0.5) is 0 Å². The van der Waals surface area contributed by atoms with Crippen LogP contribution in [-0.2, 0) is 0 Å². The van der Waals surface area contributed by atoms with Gasteiger partial charge in [-0.15, -0.1) is 0 Å². The predicted molar refractivity (Wildman–Crippen MR) is 37.2 cm³/mol. The number of phenolic OH excluding ortho intramolecular Hbond substituents is 1. The minimum Gasteiger partial charge on any atom is -0.508 e. The molecule has 0 spiro atoms. The highest BCUT2D eigenvalue weighted by atomic mass is 16.3. The van der Waals surface area contributed by atoms with Gasteiger partial charge in [-0.3, -0.25) is 0 Å². The second kappa shape index (κ2) is 2.53. The Bertz CT molecular complexity index is 194. The molecule has 0 aliphatic rings. The minimum absolute atomic E-state index is 0.325. The van der Waals surface area contributed by atoms with E-state index >= 15 is 0 Å². The molecule has 0 amide bonds. The highest BCUT2D eigenvalue weighted by Crippen LogP contribution is 2.11. The Balaban J connectivity index is 2.94. The van der Waals surface area contributed by atoms with E-state index in [0.717, 1.165) is 5.56 Å². The Hall–Kier alpha value is -0.980. The summed E-state index contributed by atoms with van der Waals surface area (Å²) in [7, 11) is 0. The molecule has 1 N–H and O–H groups in total. The summed E-state index contributed by atoms with van der Waals surface area (Å²) in [6, 6.07) is 7.15. The van der Waals surface area contributed by atoms with Crippen molar-refractivity contribution in [2.24, 2.45) is 0 Å². The molecule has 1 heteroatoms. The zero-order chi connectivity index (χ0) is 6.69. The topological polar surface area (TPSA) is 20.2 Å². The fourth-order valence-electron chi connectivity index (χ4n) is 0.704. The molecule has 0 aromatic heterocycles. The monoisotopic (exact) mass is 121 g/mol. The van der Waals surface area contributed by atoms with Crippen LogP contribution in [0.1, 0.15) is 12.5 Å². The Morgan fingerprint density at radius 3 is 2.67 bits per heavy atom. The molecule has 1 radical (unpaired) electrons. The van der Waals surface area contributed by atoms with E-state index in [0.29, 0.717) is 5.75 Å². The number of rotatable bonds is 1. The SMILES string of the molecule is C[CH]c1cccc(O)c1. The van der Waals surface area contributed by atoms with Crippen molar-refractivity contribution < 1.29 is 5.11 Å². The number of hydrogen-bond acceptors (Lipinski definition) is 1. The third kappa shape index (κ3) is 1.46. The summed E-state index contributed by atoms with van der Waals surface area (Å²) >= 11 is 0. The highest BCUT2D eigenvalue weighted by molar-refractivity contribution is 5.30. The second-order valence-corrected chi connectivity index (χ2v) is 1.88. The first-order valence-corrected chi connectivity index (χ1v) is 2.91. The molecule has 0 saturated heterocycles. The summed E-state index contributed by atoms with van der Waals surface area (Å²) in [4.78, 5) is 0. The summed E-state index contributed by atoms with van der Waals surface area (Å²) in [6.45, 7) is 1.94. The molecule has 1 rings (SSSR count). The fraction of sp³-hybridized carbons (Fsp3) is 0.125. The predicted octanol–water partition coefficient (Wildman–Crippen LogP) is 1.96. The molecule has 0 aliphatic heterocycles. The van der Waals surface area contributed by atoms with Crippen LogP contribution in [0, 0.1) is 6.42 Å². The van der Waals surface area contributed by atoms with Crippen LogP contribution < -0.4 is 0 Å². The summed E-state index contributed by atoms with van der Waals surface area (Å²) in [6.07, 6.45) is 1.94. The lowest BCUT2D eigenvalue weighted by atomic mass is 10.2. The van der Waals surface area contributed by atoms with E-state index in [9.17, 15) is 0 Å². The zero-order valence-corrected chi connectivity index (χ0v) is 5.33. The second-order valence-electron chi connectivity index (χ2n) is 1.88. The van der Waals surface area contributed by atoms with Gasteiger partial charge in [0.2, 0.25) is 0 Å². The van der Waals surface area contributed by atoms with Crippen molar-refractivity contribution in [3.63, 3.8) is 0 Å². The molecule has 1 nitrogen and oxygen atoms in total. The Labute approximate surface area is 55.0 Å². The number of phenols is 1. The van der Waals surface area contributed by atoms with E-state index in [1.165, 1.54) is 0 Å². The van der Waals surface area contributed by atoms with E-state index in [-0.39, 0.29) is 0 Å². The van der Waals surface area contributed by atoms with Crippen LogP contribution >= 0.6 is 0 Å². The largest absolute Gasteiger partial charge is 0.508 e. The quantitative estimate of drug-likeness (QED) is 0.602. The normalized spacial score (nSPS) is 9.44. The number of aromatic hydroxyl groups is 1. The van der Waals surface area contributed by atoms with Crippen LogP contribution in [0.25, 0.3) is 0 Å². The molecule has 1 aromatic carbocycles. The highest BCUT2D eigenvalue weighted by Gasteiger charge is 1.88. The average Bonchev–Trinajstić information content (AvgIpc) is 1.88. The van der Waals surface area contributed by atoms with Gasteiger partial charge >= 0.3 is 0 Å². The van der Waals surface area contributed by atoms with E-state index in [1.54, 1.807) is 12.1 Å². The van der Waals surface area contributed by atoms with Crippen LogP contribution in [0.2, 0.25) is 0 Å². The molecule has 47 valence electrons. The van der Waals surface area contributed by atoms with Gasteiger partial charge in [-0.2, -0.15) is 0 Å². The van der Waals surface area contributed by atoms with Crippen molar-refractivity contribution in [1.29, 1.82) is 0 Å². The number of benzene rings is 1. The molecule has 0 fully saturated rings.